The summed E-state index contributed by atoms with van der Waals surface area (Å²) in [6.07, 6.45) is 2.48. The van der Waals surface area contributed by atoms with Crippen LogP contribution in [0.1, 0.15) is 64.9 Å². The highest BCUT2D eigenvalue weighted by molar-refractivity contribution is 6.06. The summed E-state index contributed by atoms with van der Waals surface area (Å²) in [4.78, 5) is 37.5. The number of Topliss-reactive ketones (excluding diaryl/α,β-unsaturated/α-hetero) is 2. The Hall–Kier alpha value is -2.89. The Balaban J connectivity index is 1.79. The molecule has 0 atom stereocenters. The number of ketones is 2. The number of benzene rings is 1. The van der Waals surface area contributed by atoms with Crippen molar-refractivity contribution >= 4 is 17.5 Å². The number of carbonyl (C=O) groups excluding carboxylic acids is 3. The van der Waals surface area contributed by atoms with E-state index in [2.05, 4.69) is 33.0 Å². The molecule has 164 valence electrons. The van der Waals surface area contributed by atoms with Gasteiger partial charge in [-0.1, -0.05) is 39.8 Å². The summed E-state index contributed by atoms with van der Waals surface area (Å²) in [6, 6.07) is 7.27. The van der Waals surface area contributed by atoms with Crippen molar-refractivity contribution in [3.63, 3.8) is 0 Å². The summed E-state index contributed by atoms with van der Waals surface area (Å²) >= 11 is 0. The topological polar surface area (TPSA) is 98.5 Å². The first-order chi connectivity index (χ1) is 14.5. The van der Waals surface area contributed by atoms with Crippen LogP contribution in [0.3, 0.4) is 0 Å². The number of rotatable bonds is 4. The highest BCUT2D eigenvalue weighted by atomic mass is 16.5. The molecule has 31 heavy (non-hydrogen) atoms. The van der Waals surface area contributed by atoms with Crippen LogP contribution in [0.25, 0.3) is 0 Å². The predicted octanol–water partition coefficient (Wildman–Crippen LogP) is 3.52. The molecule has 0 aromatic heterocycles. The normalized spacial score (nSPS) is 22.6. The number of amides is 1. The number of carbonyl (C=O) groups is 3. The van der Waals surface area contributed by atoms with Crippen molar-refractivity contribution < 1.29 is 19.1 Å². The molecule has 6 heteroatoms. The third-order valence-corrected chi connectivity index (χ3v) is 6.31. The van der Waals surface area contributed by atoms with Crippen molar-refractivity contribution in [3.05, 3.63) is 52.4 Å². The molecule has 0 radical (unpaired) electrons. The summed E-state index contributed by atoms with van der Waals surface area (Å²) in [5, 5.41) is 3.51. The molecule has 3 aliphatic rings. The minimum Gasteiger partial charge on any atom is -0.484 e. The van der Waals surface area contributed by atoms with Gasteiger partial charge >= 0.3 is 0 Å². The number of primary amides is 1. The zero-order valence-corrected chi connectivity index (χ0v) is 18.6. The summed E-state index contributed by atoms with van der Waals surface area (Å²) in [5.41, 5.74) is 9.13. The Kier molecular flexibility index (Phi) is 5.07. The van der Waals surface area contributed by atoms with Gasteiger partial charge in [0.1, 0.15) is 5.75 Å². The predicted molar refractivity (Wildman–Crippen MR) is 117 cm³/mol. The third kappa shape index (κ3) is 4.16. The second-order valence-electron chi connectivity index (χ2n) is 10.5. The molecular weight excluding hydrogens is 392 g/mol. The zero-order chi connectivity index (χ0) is 22.6. The van der Waals surface area contributed by atoms with Crippen molar-refractivity contribution in [1.82, 2.24) is 5.32 Å². The number of allylic oxidation sites excluding steroid dienone is 4. The second kappa shape index (κ2) is 7.36. The van der Waals surface area contributed by atoms with Crippen molar-refractivity contribution in [2.45, 2.75) is 59.3 Å². The Morgan fingerprint density at radius 2 is 1.42 bits per heavy atom. The average Bonchev–Trinajstić information content (AvgIpc) is 2.63. The summed E-state index contributed by atoms with van der Waals surface area (Å²) < 4.78 is 5.38. The molecule has 0 fully saturated rings. The molecule has 1 aliphatic heterocycles. The lowest BCUT2D eigenvalue weighted by atomic mass is 9.64. The van der Waals surface area contributed by atoms with Crippen LogP contribution < -0.4 is 15.8 Å². The molecule has 1 heterocycles. The Labute approximate surface area is 182 Å². The van der Waals surface area contributed by atoms with E-state index >= 15 is 0 Å². The van der Waals surface area contributed by atoms with Crippen LogP contribution >= 0.6 is 0 Å². The summed E-state index contributed by atoms with van der Waals surface area (Å²) in [5.74, 6) is -0.197. The number of nitrogens with two attached hydrogens (primary N) is 1. The summed E-state index contributed by atoms with van der Waals surface area (Å²) in [7, 11) is 0. The van der Waals surface area contributed by atoms with E-state index in [-0.39, 0.29) is 34.9 Å². The fourth-order valence-electron chi connectivity index (χ4n) is 5.13. The molecule has 1 aromatic rings. The van der Waals surface area contributed by atoms with Gasteiger partial charge in [-0.05, 0) is 41.4 Å². The van der Waals surface area contributed by atoms with Crippen LogP contribution in [0, 0.1) is 10.8 Å². The van der Waals surface area contributed by atoms with Gasteiger partial charge in [0.25, 0.3) is 5.91 Å². The van der Waals surface area contributed by atoms with E-state index in [1.807, 2.05) is 12.1 Å². The Morgan fingerprint density at radius 1 is 0.935 bits per heavy atom. The molecule has 0 saturated carbocycles. The van der Waals surface area contributed by atoms with Crippen LogP contribution in [-0.2, 0) is 14.4 Å². The molecule has 0 spiro atoms. The number of ether oxygens (including phenoxy) is 1. The van der Waals surface area contributed by atoms with E-state index in [1.165, 1.54) is 0 Å². The standard InChI is InChI=1S/C25H30N2O4/c1-24(2)9-16-22(18(28)11-24)21(14-5-7-15(8-6-14)31-13-20(26)30)23-17(27-16)10-25(3,4)12-19(23)29/h5-8,21,27H,9-13H2,1-4H3,(H2,26,30). The monoisotopic (exact) mass is 422 g/mol. The maximum Gasteiger partial charge on any atom is 0.255 e. The van der Waals surface area contributed by atoms with Gasteiger partial charge in [0.2, 0.25) is 0 Å². The van der Waals surface area contributed by atoms with Gasteiger partial charge in [-0.2, -0.15) is 0 Å². The lowest BCUT2D eigenvalue weighted by Crippen LogP contribution is -2.42. The zero-order valence-electron chi connectivity index (χ0n) is 18.6. The van der Waals surface area contributed by atoms with Gasteiger partial charge in [-0.25, -0.2) is 0 Å². The van der Waals surface area contributed by atoms with Gasteiger partial charge in [0.05, 0.1) is 0 Å². The number of dihydropyridines is 1. The first-order valence-corrected chi connectivity index (χ1v) is 10.8. The summed E-state index contributed by atoms with van der Waals surface area (Å²) in [6.45, 7) is 8.23. The molecular formula is C25H30N2O4. The highest BCUT2D eigenvalue weighted by Crippen LogP contribution is 2.51. The van der Waals surface area contributed by atoms with Gasteiger partial charge in [-0.15, -0.1) is 0 Å². The minimum absolute atomic E-state index is 0.0991. The van der Waals surface area contributed by atoms with Crippen molar-refractivity contribution in [1.29, 1.82) is 0 Å². The largest absolute Gasteiger partial charge is 0.484 e. The van der Waals surface area contributed by atoms with Crippen LogP contribution in [0.5, 0.6) is 5.75 Å². The molecule has 0 bridgehead atoms. The van der Waals surface area contributed by atoms with E-state index in [9.17, 15) is 14.4 Å². The van der Waals surface area contributed by atoms with Gasteiger partial charge in [0, 0.05) is 41.3 Å². The number of nitrogens with one attached hydrogen (secondary N) is 1. The van der Waals surface area contributed by atoms with E-state index in [0.717, 1.165) is 40.9 Å². The Bertz CT molecular complexity index is 976. The third-order valence-electron chi connectivity index (χ3n) is 6.31. The molecule has 4 rings (SSSR count). The molecule has 0 unspecified atom stereocenters. The fraction of sp³-hybridized carbons (Fsp3) is 0.480. The lowest BCUT2D eigenvalue weighted by molar-refractivity contribution is -0.120. The molecule has 6 nitrogen and oxygen atoms in total. The van der Waals surface area contributed by atoms with Crippen molar-refractivity contribution in [2.75, 3.05) is 6.61 Å². The van der Waals surface area contributed by atoms with Gasteiger partial charge in [0.15, 0.2) is 18.2 Å². The van der Waals surface area contributed by atoms with Crippen LogP contribution in [0.2, 0.25) is 0 Å². The van der Waals surface area contributed by atoms with Gasteiger partial charge < -0.3 is 15.8 Å². The van der Waals surface area contributed by atoms with Gasteiger partial charge in [-0.3, -0.25) is 14.4 Å². The van der Waals surface area contributed by atoms with Crippen LogP contribution in [0.4, 0.5) is 0 Å². The molecule has 2 aliphatic carbocycles. The average molecular weight is 423 g/mol. The van der Waals surface area contributed by atoms with Crippen LogP contribution in [-0.4, -0.2) is 24.1 Å². The molecule has 0 saturated heterocycles. The smallest absolute Gasteiger partial charge is 0.255 e. The quantitative estimate of drug-likeness (QED) is 0.774. The Morgan fingerprint density at radius 3 is 1.87 bits per heavy atom. The number of hydrogen-bond acceptors (Lipinski definition) is 5. The van der Waals surface area contributed by atoms with Crippen molar-refractivity contribution in [3.8, 4) is 5.75 Å². The highest BCUT2D eigenvalue weighted by Gasteiger charge is 2.46. The first-order valence-electron chi connectivity index (χ1n) is 10.8. The van der Waals surface area contributed by atoms with Crippen molar-refractivity contribution in [2.24, 2.45) is 16.6 Å². The van der Waals surface area contributed by atoms with E-state index < -0.39 is 5.91 Å². The fourth-order valence-corrected chi connectivity index (χ4v) is 5.13. The number of hydrogen-bond donors (Lipinski definition) is 2. The van der Waals surface area contributed by atoms with Crippen LogP contribution in [0.15, 0.2) is 46.8 Å². The first kappa shape index (κ1) is 21.3. The van der Waals surface area contributed by atoms with E-state index in [4.69, 9.17) is 10.5 Å². The molecule has 1 aromatic carbocycles. The SMILES string of the molecule is CC1(C)CC(=O)C2=C(C1)NC1=C(C(=O)CC(C)(C)C1)C2c1ccc(OCC(N)=O)cc1. The van der Waals surface area contributed by atoms with E-state index in [0.29, 0.717) is 18.6 Å². The molecule has 3 N–H and O–H groups in total. The second-order valence-corrected chi connectivity index (χ2v) is 10.5. The lowest BCUT2D eigenvalue weighted by Gasteiger charge is -2.44. The maximum atomic E-state index is 13.3. The van der Waals surface area contributed by atoms with E-state index in [1.54, 1.807) is 12.1 Å². The minimum atomic E-state index is -0.544. The maximum absolute atomic E-state index is 13.3. The molecule has 1 amide bonds.